The van der Waals surface area contributed by atoms with E-state index in [0.29, 0.717) is 6.61 Å². The van der Waals surface area contributed by atoms with Gasteiger partial charge in [-0.05, 0) is 31.2 Å². The molecule has 0 spiro atoms. The van der Waals surface area contributed by atoms with Gasteiger partial charge in [-0.1, -0.05) is 18.3 Å². The summed E-state index contributed by atoms with van der Waals surface area (Å²) in [7, 11) is 0. The molecule has 0 aliphatic carbocycles. The van der Waals surface area contributed by atoms with Crippen molar-refractivity contribution in [3.05, 3.63) is 40.5 Å². The average molecular weight is 374 g/mol. The number of likely N-dealkylation sites (tertiary alicyclic amines) is 1. The average Bonchev–Trinajstić information content (AvgIpc) is 3.37. The number of ether oxygens (including phenoxy) is 1. The van der Waals surface area contributed by atoms with Crippen molar-refractivity contribution in [2.24, 2.45) is 0 Å². The highest BCUT2D eigenvalue weighted by Crippen LogP contribution is 2.35. The fourth-order valence-electron chi connectivity index (χ4n) is 3.74. The largest absolute Gasteiger partial charge is 0.494 e. The van der Waals surface area contributed by atoms with Gasteiger partial charge in [0.25, 0.3) is 0 Å². The summed E-state index contributed by atoms with van der Waals surface area (Å²) in [5.41, 5.74) is 1.20. The van der Waals surface area contributed by atoms with Crippen molar-refractivity contribution in [3.63, 3.8) is 0 Å². The zero-order valence-electron chi connectivity index (χ0n) is 15.2. The van der Waals surface area contributed by atoms with Gasteiger partial charge in [-0.2, -0.15) is 4.52 Å². The fraction of sp³-hybridized carbons (Fsp3) is 0.474. The first-order valence-corrected chi connectivity index (χ1v) is 10.2. The number of nitrogens with zero attached hydrogens (tertiary/aromatic N) is 3. The van der Waals surface area contributed by atoms with Gasteiger partial charge in [-0.15, -0.1) is 5.10 Å². The van der Waals surface area contributed by atoms with Gasteiger partial charge in [0.2, 0.25) is 10.8 Å². The lowest BCUT2D eigenvalue weighted by Gasteiger charge is -2.24. The summed E-state index contributed by atoms with van der Waals surface area (Å²) in [5, 5.41) is 15.3. The molecular weight excluding hydrogens is 348 g/mol. The maximum absolute atomic E-state index is 10.9. The number of hydrogen-bond acceptors (Lipinski definition) is 5. The van der Waals surface area contributed by atoms with Crippen molar-refractivity contribution in [1.82, 2.24) is 14.6 Å². The summed E-state index contributed by atoms with van der Waals surface area (Å²) >= 11 is 1.55. The van der Waals surface area contributed by atoms with Gasteiger partial charge in [0, 0.05) is 24.8 Å². The van der Waals surface area contributed by atoms with E-state index in [2.05, 4.69) is 22.2 Å². The number of aromatic nitrogens is 3. The van der Waals surface area contributed by atoms with Crippen molar-refractivity contribution in [2.45, 2.75) is 39.2 Å². The minimum Gasteiger partial charge on any atom is -0.494 e. The minimum atomic E-state index is 0.103. The number of aryl methyl sites for hydroxylation is 1. The molecule has 1 fully saturated rings. The van der Waals surface area contributed by atoms with Gasteiger partial charge in [0.05, 0.1) is 19.7 Å². The van der Waals surface area contributed by atoms with Gasteiger partial charge < -0.3 is 14.7 Å². The van der Waals surface area contributed by atoms with Gasteiger partial charge >= 0.3 is 0 Å². The molecule has 0 saturated carbocycles. The van der Waals surface area contributed by atoms with E-state index >= 15 is 0 Å². The zero-order valence-corrected chi connectivity index (χ0v) is 16.1. The lowest BCUT2D eigenvalue weighted by atomic mass is 10.0. The van der Waals surface area contributed by atoms with Crippen LogP contribution in [0.25, 0.3) is 4.96 Å². The maximum Gasteiger partial charge on any atom is 0.235 e. The number of fused-ring (bicyclic) bond motifs is 1. The van der Waals surface area contributed by atoms with Crippen LogP contribution >= 0.6 is 11.3 Å². The molecular formula is C19H25N4O2S+. The molecule has 138 valence electrons. The highest BCUT2D eigenvalue weighted by atomic mass is 32.1. The summed E-state index contributed by atoms with van der Waals surface area (Å²) in [6.07, 6.45) is 3.22. The summed E-state index contributed by atoms with van der Waals surface area (Å²) in [6, 6.07) is 8.38. The van der Waals surface area contributed by atoms with Crippen LogP contribution in [-0.4, -0.2) is 39.4 Å². The number of benzene rings is 1. The van der Waals surface area contributed by atoms with Crippen LogP contribution in [0.15, 0.2) is 24.3 Å². The topological polar surface area (TPSA) is 64.1 Å². The number of rotatable bonds is 6. The van der Waals surface area contributed by atoms with Crippen LogP contribution in [0.4, 0.5) is 0 Å². The Balaban J connectivity index is 1.75. The van der Waals surface area contributed by atoms with Crippen LogP contribution in [0, 0.1) is 0 Å². The molecule has 26 heavy (non-hydrogen) atoms. The molecule has 1 atom stereocenters. The number of thiazole rings is 1. The van der Waals surface area contributed by atoms with Crippen LogP contribution in [0.5, 0.6) is 11.6 Å². The molecule has 1 aliphatic heterocycles. The minimum absolute atomic E-state index is 0.103. The van der Waals surface area contributed by atoms with E-state index in [1.54, 1.807) is 15.9 Å². The van der Waals surface area contributed by atoms with Crippen LogP contribution in [0.1, 0.15) is 49.0 Å². The Morgan fingerprint density at radius 3 is 2.58 bits per heavy atom. The van der Waals surface area contributed by atoms with Crippen molar-refractivity contribution < 1.29 is 14.7 Å². The maximum atomic E-state index is 10.9. The van der Waals surface area contributed by atoms with E-state index in [9.17, 15) is 5.11 Å². The van der Waals surface area contributed by atoms with E-state index < -0.39 is 0 Å². The smallest absolute Gasteiger partial charge is 0.235 e. The van der Waals surface area contributed by atoms with Crippen molar-refractivity contribution in [1.29, 1.82) is 0 Å². The molecule has 0 radical (unpaired) electrons. The molecule has 2 N–H and O–H groups in total. The SMILES string of the molecule is CCOc1ccc([C@@H](c2sc3nc(CC)nn3c2O)[NH+]2CCCC2)cc1. The molecule has 6 nitrogen and oxygen atoms in total. The lowest BCUT2D eigenvalue weighted by molar-refractivity contribution is -0.913. The highest BCUT2D eigenvalue weighted by molar-refractivity contribution is 7.17. The first kappa shape index (κ1) is 17.3. The second kappa shape index (κ2) is 7.25. The van der Waals surface area contributed by atoms with E-state index in [1.807, 2.05) is 26.0 Å². The van der Waals surface area contributed by atoms with Crippen molar-refractivity contribution in [2.75, 3.05) is 19.7 Å². The molecule has 1 aliphatic rings. The second-order valence-electron chi connectivity index (χ2n) is 6.67. The standard InChI is InChI=1S/C19H24N4O2S/c1-3-15-20-19-23(21-15)18(24)17(26-19)16(22-11-5-6-12-22)13-7-9-14(10-8-13)25-4-2/h7-10,16,24H,3-6,11-12H2,1-2H3/p+1/t16-/m0/s1. The lowest BCUT2D eigenvalue weighted by Crippen LogP contribution is -3.10. The van der Waals surface area contributed by atoms with Crippen LogP contribution < -0.4 is 9.64 Å². The molecule has 2 aromatic heterocycles. The molecule has 1 saturated heterocycles. The predicted octanol–water partition coefficient (Wildman–Crippen LogP) is 2.23. The molecule has 3 heterocycles. The molecule has 1 aromatic carbocycles. The Morgan fingerprint density at radius 1 is 1.23 bits per heavy atom. The first-order chi connectivity index (χ1) is 12.7. The number of aromatic hydroxyl groups is 1. The van der Waals surface area contributed by atoms with E-state index in [1.165, 1.54) is 23.3 Å². The Kier molecular flexibility index (Phi) is 4.82. The third kappa shape index (κ3) is 3.05. The van der Waals surface area contributed by atoms with Gasteiger partial charge in [-0.25, -0.2) is 4.98 Å². The van der Waals surface area contributed by atoms with Crippen LogP contribution in [-0.2, 0) is 6.42 Å². The molecule has 7 heteroatoms. The Morgan fingerprint density at radius 2 is 1.96 bits per heavy atom. The predicted molar refractivity (Wildman–Crippen MR) is 101 cm³/mol. The molecule has 0 unspecified atom stereocenters. The number of quaternary nitrogens is 1. The summed E-state index contributed by atoms with van der Waals surface area (Å²) in [5.74, 6) is 1.88. The highest BCUT2D eigenvalue weighted by Gasteiger charge is 2.34. The fourth-order valence-corrected chi connectivity index (χ4v) is 4.90. The van der Waals surface area contributed by atoms with Gasteiger partial charge in [0.1, 0.15) is 10.6 Å². The monoisotopic (exact) mass is 373 g/mol. The van der Waals surface area contributed by atoms with E-state index in [4.69, 9.17) is 4.74 Å². The summed E-state index contributed by atoms with van der Waals surface area (Å²) in [4.78, 5) is 7.74. The van der Waals surface area contributed by atoms with Gasteiger partial charge in [-0.3, -0.25) is 0 Å². The first-order valence-electron chi connectivity index (χ1n) is 9.35. The van der Waals surface area contributed by atoms with Crippen molar-refractivity contribution in [3.8, 4) is 11.6 Å². The molecule has 4 rings (SSSR count). The van der Waals surface area contributed by atoms with Crippen LogP contribution in [0.2, 0.25) is 0 Å². The van der Waals surface area contributed by atoms with E-state index in [-0.39, 0.29) is 11.9 Å². The third-order valence-corrected chi connectivity index (χ3v) is 6.09. The zero-order chi connectivity index (χ0) is 18.1. The van der Waals surface area contributed by atoms with Crippen LogP contribution in [0.3, 0.4) is 0 Å². The molecule has 0 amide bonds. The molecule has 0 bridgehead atoms. The third-order valence-electron chi connectivity index (χ3n) is 5.00. The summed E-state index contributed by atoms with van der Waals surface area (Å²) < 4.78 is 7.17. The summed E-state index contributed by atoms with van der Waals surface area (Å²) in [6.45, 7) is 6.90. The Bertz CT molecular complexity index is 881. The van der Waals surface area contributed by atoms with Gasteiger partial charge in [0.15, 0.2) is 11.9 Å². The number of hydrogen-bond donors (Lipinski definition) is 2. The van der Waals surface area contributed by atoms with E-state index in [0.717, 1.165) is 40.9 Å². The Hall–Kier alpha value is -2.12. The molecule has 3 aromatic rings. The van der Waals surface area contributed by atoms with Crippen molar-refractivity contribution >= 4 is 16.3 Å². The normalized spacial score (nSPS) is 16.4. The number of nitrogens with one attached hydrogen (secondary N) is 1. The Labute approximate surface area is 157 Å². The second-order valence-corrected chi connectivity index (χ2v) is 7.68. The quantitative estimate of drug-likeness (QED) is 0.695.